The van der Waals surface area contributed by atoms with E-state index >= 15 is 0 Å². The third-order valence-electron chi connectivity index (χ3n) is 3.33. The fourth-order valence-electron chi connectivity index (χ4n) is 1.63. The van der Waals surface area contributed by atoms with E-state index in [1.54, 1.807) is 12.1 Å². The van der Waals surface area contributed by atoms with Crippen molar-refractivity contribution in [1.82, 2.24) is 4.72 Å². The van der Waals surface area contributed by atoms with E-state index in [9.17, 15) is 8.42 Å². The average Bonchev–Trinajstić information content (AvgIpc) is 2.27. The first-order valence-electron chi connectivity index (χ1n) is 6.62. The molecular weight excluding hydrogens is 258 g/mol. The summed E-state index contributed by atoms with van der Waals surface area (Å²) in [5.74, 6) is 0. The molecule has 0 heterocycles. The van der Waals surface area contributed by atoms with Crippen molar-refractivity contribution >= 4 is 10.0 Å². The zero-order chi connectivity index (χ0) is 14.9. The summed E-state index contributed by atoms with van der Waals surface area (Å²) in [5.41, 5.74) is 0.723. The first-order valence-corrected chi connectivity index (χ1v) is 8.11. The second-order valence-electron chi connectivity index (χ2n) is 6.62. The monoisotopic (exact) mass is 283 g/mol. The van der Waals surface area contributed by atoms with Crippen LogP contribution in [0.5, 0.6) is 0 Å². The largest absolute Gasteiger partial charge is 0.241 e. The van der Waals surface area contributed by atoms with Crippen molar-refractivity contribution in [3.63, 3.8) is 0 Å². The quantitative estimate of drug-likeness (QED) is 0.920. The highest BCUT2D eigenvalue weighted by Crippen LogP contribution is 2.24. The smallest absolute Gasteiger partial charge is 0.207 e. The predicted molar refractivity (Wildman–Crippen MR) is 79.8 cm³/mol. The van der Waals surface area contributed by atoms with E-state index in [2.05, 4.69) is 25.5 Å². The molecule has 0 saturated carbocycles. The van der Waals surface area contributed by atoms with Gasteiger partial charge in [-0.05, 0) is 43.4 Å². The standard InChI is InChI=1S/C15H25NO2S/c1-7-15(5,6)16-19(17,18)13-10-8-12(9-11-13)14(2,3)4/h8-11,16H,7H2,1-6H3. The van der Waals surface area contributed by atoms with Gasteiger partial charge < -0.3 is 0 Å². The van der Waals surface area contributed by atoms with Gasteiger partial charge in [-0.1, -0.05) is 39.8 Å². The molecule has 0 amide bonds. The van der Waals surface area contributed by atoms with E-state index in [-0.39, 0.29) is 5.41 Å². The summed E-state index contributed by atoms with van der Waals surface area (Å²) in [6.07, 6.45) is 0.742. The highest BCUT2D eigenvalue weighted by Gasteiger charge is 2.24. The summed E-state index contributed by atoms with van der Waals surface area (Å²) in [7, 11) is -3.44. The lowest BCUT2D eigenvalue weighted by atomic mass is 9.87. The second kappa shape index (κ2) is 5.25. The molecule has 0 aromatic heterocycles. The Bertz CT molecular complexity index is 522. The molecule has 0 atom stereocenters. The van der Waals surface area contributed by atoms with E-state index in [0.29, 0.717) is 4.90 Å². The first-order chi connectivity index (χ1) is 8.48. The fraction of sp³-hybridized carbons (Fsp3) is 0.600. The van der Waals surface area contributed by atoms with Crippen LogP contribution >= 0.6 is 0 Å². The van der Waals surface area contributed by atoms with Crippen LogP contribution in [-0.4, -0.2) is 14.0 Å². The lowest BCUT2D eigenvalue weighted by molar-refractivity contribution is 0.439. The highest BCUT2D eigenvalue weighted by atomic mass is 32.2. The maximum Gasteiger partial charge on any atom is 0.241 e. The van der Waals surface area contributed by atoms with Crippen molar-refractivity contribution in [1.29, 1.82) is 0 Å². The van der Waals surface area contributed by atoms with Gasteiger partial charge in [-0.15, -0.1) is 0 Å². The first kappa shape index (κ1) is 16.2. The molecule has 0 radical (unpaired) electrons. The van der Waals surface area contributed by atoms with Crippen molar-refractivity contribution in [3.8, 4) is 0 Å². The summed E-state index contributed by atoms with van der Waals surface area (Å²) in [4.78, 5) is 0.321. The van der Waals surface area contributed by atoms with E-state index in [1.807, 2.05) is 32.9 Å². The van der Waals surface area contributed by atoms with E-state index in [0.717, 1.165) is 12.0 Å². The zero-order valence-corrected chi connectivity index (χ0v) is 13.6. The number of hydrogen-bond donors (Lipinski definition) is 1. The van der Waals surface area contributed by atoms with Gasteiger partial charge in [0, 0.05) is 5.54 Å². The van der Waals surface area contributed by atoms with Crippen LogP contribution in [0.2, 0.25) is 0 Å². The van der Waals surface area contributed by atoms with Crippen LogP contribution in [0, 0.1) is 0 Å². The van der Waals surface area contributed by atoms with Crippen molar-refractivity contribution in [3.05, 3.63) is 29.8 Å². The van der Waals surface area contributed by atoms with Gasteiger partial charge in [0.25, 0.3) is 0 Å². The predicted octanol–water partition coefficient (Wildman–Crippen LogP) is 3.45. The Hall–Kier alpha value is -0.870. The normalized spacial score (nSPS) is 13.6. The number of hydrogen-bond acceptors (Lipinski definition) is 2. The average molecular weight is 283 g/mol. The Balaban J connectivity index is 3.04. The molecule has 0 unspecified atom stereocenters. The maximum absolute atomic E-state index is 12.3. The Morgan fingerprint density at radius 2 is 1.47 bits per heavy atom. The van der Waals surface area contributed by atoms with Gasteiger partial charge in [-0.25, -0.2) is 13.1 Å². The molecule has 0 bridgehead atoms. The Labute approximate surface area is 117 Å². The van der Waals surface area contributed by atoms with Crippen molar-refractivity contribution in [2.75, 3.05) is 0 Å². The minimum absolute atomic E-state index is 0.0262. The van der Waals surface area contributed by atoms with Gasteiger partial charge in [0.1, 0.15) is 0 Å². The second-order valence-corrected chi connectivity index (χ2v) is 8.30. The number of nitrogens with one attached hydrogen (secondary N) is 1. The highest BCUT2D eigenvalue weighted by molar-refractivity contribution is 7.89. The molecule has 1 aromatic rings. The van der Waals surface area contributed by atoms with Crippen molar-refractivity contribution < 1.29 is 8.42 Å². The topological polar surface area (TPSA) is 46.2 Å². The molecule has 4 heteroatoms. The fourth-order valence-corrected chi connectivity index (χ4v) is 3.11. The maximum atomic E-state index is 12.3. The van der Waals surface area contributed by atoms with Crippen LogP contribution in [0.3, 0.4) is 0 Å². The zero-order valence-electron chi connectivity index (χ0n) is 12.7. The van der Waals surface area contributed by atoms with Crippen LogP contribution in [0.4, 0.5) is 0 Å². The molecule has 1 aromatic carbocycles. The Morgan fingerprint density at radius 3 is 1.84 bits per heavy atom. The summed E-state index contributed by atoms with van der Waals surface area (Å²) in [6, 6.07) is 7.12. The van der Waals surface area contributed by atoms with Crippen LogP contribution < -0.4 is 4.72 Å². The van der Waals surface area contributed by atoms with E-state index < -0.39 is 15.6 Å². The number of sulfonamides is 1. The molecule has 0 spiro atoms. The van der Waals surface area contributed by atoms with Crippen molar-refractivity contribution in [2.24, 2.45) is 0 Å². The van der Waals surface area contributed by atoms with Gasteiger partial charge in [0.15, 0.2) is 0 Å². The van der Waals surface area contributed by atoms with Gasteiger partial charge in [0.05, 0.1) is 4.90 Å². The third kappa shape index (κ3) is 4.32. The minimum Gasteiger partial charge on any atom is -0.207 e. The summed E-state index contributed by atoms with van der Waals surface area (Å²) in [6.45, 7) is 12.0. The number of benzene rings is 1. The summed E-state index contributed by atoms with van der Waals surface area (Å²) >= 11 is 0. The van der Waals surface area contributed by atoms with Gasteiger partial charge in [-0.3, -0.25) is 0 Å². The van der Waals surface area contributed by atoms with Crippen molar-refractivity contribution in [2.45, 2.75) is 63.8 Å². The molecule has 1 rings (SSSR count). The van der Waals surface area contributed by atoms with Gasteiger partial charge >= 0.3 is 0 Å². The van der Waals surface area contributed by atoms with E-state index in [1.165, 1.54) is 0 Å². The summed E-state index contributed by atoms with van der Waals surface area (Å²) in [5, 5.41) is 0. The molecule has 3 nitrogen and oxygen atoms in total. The summed E-state index contributed by atoms with van der Waals surface area (Å²) < 4.78 is 27.2. The molecule has 0 aliphatic rings. The van der Waals surface area contributed by atoms with Crippen LogP contribution in [-0.2, 0) is 15.4 Å². The van der Waals surface area contributed by atoms with Crippen LogP contribution in [0.1, 0.15) is 53.5 Å². The van der Waals surface area contributed by atoms with Gasteiger partial charge in [-0.2, -0.15) is 0 Å². The molecule has 108 valence electrons. The van der Waals surface area contributed by atoms with Gasteiger partial charge in [0.2, 0.25) is 10.0 Å². The minimum atomic E-state index is -3.44. The molecule has 0 saturated heterocycles. The Kier molecular flexibility index (Phi) is 4.47. The molecular formula is C15H25NO2S. The lowest BCUT2D eigenvalue weighted by Crippen LogP contribution is -2.42. The SMILES string of the molecule is CCC(C)(C)NS(=O)(=O)c1ccc(C(C)(C)C)cc1. The Morgan fingerprint density at radius 1 is 1.00 bits per heavy atom. The van der Waals surface area contributed by atoms with Crippen LogP contribution in [0.15, 0.2) is 29.2 Å². The third-order valence-corrected chi connectivity index (χ3v) is 5.04. The lowest BCUT2D eigenvalue weighted by Gasteiger charge is -2.24. The molecule has 19 heavy (non-hydrogen) atoms. The van der Waals surface area contributed by atoms with Crippen LogP contribution in [0.25, 0.3) is 0 Å². The number of rotatable bonds is 4. The molecule has 0 aliphatic heterocycles. The molecule has 0 aliphatic carbocycles. The molecule has 1 N–H and O–H groups in total. The molecule has 0 fully saturated rings. The van der Waals surface area contributed by atoms with E-state index in [4.69, 9.17) is 0 Å².